The van der Waals surface area contributed by atoms with Crippen LogP contribution in [0.4, 0.5) is 0 Å². The normalized spacial score (nSPS) is 11.1. The molecule has 2 rings (SSSR count). The van der Waals surface area contributed by atoms with Gasteiger partial charge in [0.15, 0.2) is 0 Å². The second-order valence-corrected chi connectivity index (χ2v) is 3.67. The number of hydrogen-bond acceptors (Lipinski definition) is 2. The summed E-state index contributed by atoms with van der Waals surface area (Å²) in [5.74, 6) is 0.114. The van der Waals surface area contributed by atoms with Crippen LogP contribution in [0.25, 0.3) is 10.9 Å². The second-order valence-electron chi connectivity index (χ2n) is 3.30. The molecular weight excluding hydrogens is 200 g/mol. The Morgan fingerprint density at radius 1 is 1.57 bits per heavy atom. The molecule has 0 spiro atoms. The van der Waals surface area contributed by atoms with Gasteiger partial charge < -0.3 is 15.8 Å². The molecule has 2 aromatic rings. The minimum atomic E-state index is 0.114. The van der Waals surface area contributed by atoms with Crippen molar-refractivity contribution in [3.8, 4) is 5.75 Å². The molecule has 14 heavy (non-hydrogen) atoms. The summed E-state index contributed by atoms with van der Waals surface area (Å²) < 4.78 is 0. The quantitative estimate of drug-likeness (QED) is 0.676. The number of aromatic amines is 1. The first-order valence-corrected chi connectivity index (χ1v) is 4.71. The molecule has 0 aliphatic heterocycles. The molecule has 0 amide bonds. The molecule has 74 valence electrons. The standard InChI is InChI=1S/C10H11ClN2O/c1-5-2-7-8(10(14)9(5)11)6(3-12)4-13-7/h2,4,13-14H,3,12H2,1H3. The molecule has 0 aliphatic rings. The summed E-state index contributed by atoms with van der Waals surface area (Å²) in [5, 5.41) is 11.0. The third-order valence-electron chi connectivity index (χ3n) is 2.36. The number of rotatable bonds is 1. The van der Waals surface area contributed by atoms with Crippen molar-refractivity contribution < 1.29 is 5.11 Å². The number of phenols is 1. The van der Waals surface area contributed by atoms with Gasteiger partial charge in [0.05, 0.1) is 5.02 Å². The highest BCUT2D eigenvalue weighted by Gasteiger charge is 2.12. The third-order valence-corrected chi connectivity index (χ3v) is 2.84. The summed E-state index contributed by atoms with van der Waals surface area (Å²) in [6.45, 7) is 2.23. The van der Waals surface area contributed by atoms with Crippen molar-refractivity contribution in [2.24, 2.45) is 5.73 Å². The van der Waals surface area contributed by atoms with Gasteiger partial charge in [-0.2, -0.15) is 0 Å². The van der Waals surface area contributed by atoms with Crippen LogP contribution in [0.3, 0.4) is 0 Å². The molecule has 0 aliphatic carbocycles. The summed E-state index contributed by atoms with van der Waals surface area (Å²) in [6.07, 6.45) is 1.79. The molecule has 1 heterocycles. The van der Waals surface area contributed by atoms with Crippen LogP contribution >= 0.6 is 11.6 Å². The lowest BCUT2D eigenvalue weighted by Crippen LogP contribution is -1.94. The first-order chi connectivity index (χ1) is 6.65. The number of aromatic nitrogens is 1. The highest BCUT2D eigenvalue weighted by molar-refractivity contribution is 6.34. The summed E-state index contributed by atoms with van der Waals surface area (Å²) in [4.78, 5) is 3.05. The van der Waals surface area contributed by atoms with E-state index >= 15 is 0 Å². The monoisotopic (exact) mass is 210 g/mol. The molecule has 0 saturated heterocycles. The van der Waals surface area contributed by atoms with Crippen LogP contribution < -0.4 is 5.73 Å². The molecule has 0 fully saturated rings. The molecule has 1 aromatic carbocycles. The number of aryl methyl sites for hydroxylation is 1. The summed E-state index contributed by atoms with van der Waals surface area (Å²) in [5.41, 5.74) is 8.13. The smallest absolute Gasteiger partial charge is 0.144 e. The van der Waals surface area contributed by atoms with Crippen molar-refractivity contribution in [3.05, 3.63) is 28.4 Å². The van der Waals surface area contributed by atoms with Gasteiger partial charge in [-0.15, -0.1) is 0 Å². The number of H-pyrrole nitrogens is 1. The van der Waals surface area contributed by atoms with Gasteiger partial charge in [-0.25, -0.2) is 0 Å². The second kappa shape index (κ2) is 3.19. The number of nitrogens with one attached hydrogen (secondary N) is 1. The lowest BCUT2D eigenvalue weighted by Gasteiger charge is -2.04. The lowest BCUT2D eigenvalue weighted by atomic mass is 10.1. The van der Waals surface area contributed by atoms with Crippen LogP contribution in [0.1, 0.15) is 11.1 Å². The maximum atomic E-state index is 9.83. The van der Waals surface area contributed by atoms with E-state index < -0.39 is 0 Å². The average Bonchev–Trinajstić information content (AvgIpc) is 2.57. The molecule has 4 N–H and O–H groups in total. The Hall–Kier alpha value is -1.19. The fourth-order valence-corrected chi connectivity index (χ4v) is 1.76. The Morgan fingerprint density at radius 2 is 2.29 bits per heavy atom. The van der Waals surface area contributed by atoms with Crippen molar-refractivity contribution in [3.63, 3.8) is 0 Å². The van der Waals surface area contributed by atoms with Crippen molar-refractivity contribution in [1.29, 1.82) is 0 Å². The fourth-order valence-electron chi connectivity index (χ4n) is 1.61. The first kappa shape index (κ1) is 9.37. The van der Waals surface area contributed by atoms with E-state index in [0.29, 0.717) is 11.6 Å². The van der Waals surface area contributed by atoms with Gasteiger partial charge in [-0.05, 0) is 24.1 Å². The van der Waals surface area contributed by atoms with E-state index in [9.17, 15) is 5.11 Å². The van der Waals surface area contributed by atoms with E-state index in [4.69, 9.17) is 17.3 Å². The number of halogens is 1. The zero-order valence-electron chi connectivity index (χ0n) is 7.76. The highest BCUT2D eigenvalue weighted by atomic mass is 35.5. The van der Waals surface area contributed by atoms with Crippen molar-refractivity contribution in [2.75, 3.05) is 0 Å². The molecule has 4 heteroatoms. The van der Waals surface area contributed by atoms with E-state index in [0.717, 1.165) is 22.0 Å². The zero-order chi connectivity index (χ0) is 10.3. The topological polar surface area (TPSA) is 62.0 Å². The van der Waals surface area contributed by atoms with E-state index in [1.54, 1.807) is 6.20 Å². The number of fused-ring (bicyclic) bond motifs is 1. The maximum absolute atomic E-state index is 9.83. The Morgan fingerprint density at radius 3 is 2.93 bits per heavy atom. The van der Waals surface area contributed by atoms with E-state index in [1.165, 1.54) is 0 Å². The number of aromatic hydroxyl groups is 1. The van der Waals surface area contributed by atoms with Crippen LogP contribution in [-0.2, 0) is 6.54 Å². The Balaban J connectivity index is 2.88. The van der Waals surface area contributed by atoms with Crippen LogP contribution in [-0.4, -0.2) is 10.1 Å². The summed E-state index contributed by atoms with van der Waals surface area (Å²) in [6, 6.07) is 1.90. The van der Waals surface area contributed by atoms with Gasteiger partial charge in [0.1, 0.15) is 5.75 Å². The third kappa shape index (κ3) is 1.17. The molecule has 0 bridgehead atoms. The SMILES string of the molecule is Cc1cc2[nH]cc(CN)c2c(O)c1Cl. The van der Waals surface area contributed by atoms with Gasteiger partial charge in [0.2, 0.25) is 0 Å². The molecule has 1 aromatic heterocycles. The van der Waals surface area contributed by atoms with Crippen molar-refractivity contribution in [2.45, 2.75) is 13.5 Å². The predicted molar refractivity (Wildman–Crippen MR) is 57.6 cm³/mol. The lowest BCUT2D eigenvalue weighted by molar-refractivity contribution is 0.481. The zero-order valence-corrected chi connectivity index (χ0v) is 8.52. The van der Waals surface area contributed by atoms with Crippen LogP contribution in [0.15, 0.2) is 12.3 Å². The molecular formula is C10H11ClN2O. The molecule has 0 saturated carbocycles. The largest absolute Gasteiger partial charge is 0.506 e. The van der Waals surface area contributed by atoms with E-state index in [1.807, 2.05) is 13.0 Å². The first-order valence-electron chi connectivity index (χ1n) is 4.33. The number of nitrogens with two attached hydrogens (primary N) is 1. The van der Waals surface area contributed by atoms with Gasteiger partial charge in [0.25, 0.3) is 0 Å². The minimum absolute atomic E-state index is 0.114. The number of benzene rings is 1. The Bertz CT molecular complexity index is 490. The summed E-state index contributed by atoms with van der Waals surface area (Å²) in [7, 11) is 0. The fraction of sp³-hybridized carbons (Fsp3) is 0.200. The van der Waals surface area contributed by atoms with Gasteiger partial charge in [0, 0.05) is 23.6 Å². The predicted octanol–water partition coefficient (Wildman–Crippen LogP) is 2.29. The molecule has 3 nitrogen and oxygen atoms in total. The van der Waals surface area contributed by atoms with E-state index in [-0.39, 0.29) is 5.75 Å². The van der Waals surface area contributed by atoms with Crippen molar-refractivity contribution >= 4 is 22.5 Å². The molecule has 0 radical (unpaired) electrons. The number of phenolic OH excluding ortho intramolecular Hbond substituents is 1. The Labute approximate surface area is 86.5 Å². The summed E-state index contributed by atoms with van der Waals surface area (Å²) >= 11 is 5.94. The van der Waals surface area contributed by atoms with Crippen LogP contribution in [0, 0.1) is 6.92 Å². The maximum Gasteiger partial charge on any atom is 0.144 e. The van der Waals surface area contributed by atoms with Crippen LogP contribution in [0.2, 0.25) is 5.02 Å². The molecule has 0 unspecified atom stereocenters. The van der Waals surface area contributed by atoms with Crippen molar-refractivity contribution in [1.82, 2.24) is 4.98 Å². The average molecular weight is 211 g/mol. The van der Waals surface area contributed by atoms with Gasteiger partial charge >= 0.3 is 0 Å². The Kier molecular flexibility index (Phi) is 2.13. The van der Waals surface area contributed by atoms with E-state index in [2.05, 4.69) is 4.98 Å². The van der Waals surface area contributed by atoms with Gasteiger partial charge in [-0.1, -0.05) is 11.6 Å². The highest BCUT2D eigenvalue weighted by Crippen LogP contribution is 2.36. The van der Waals surface area contributed by atoms with Crippen LogP contribution in [0.5, 0.6) is 5.75 Å². The number of hydrogen-bond donors (Lipinski definition) is 3. The van der Waals surface area contributed by atoms with Gasteiger partial charge in [-0.3, -0.25) is 0 Å². The molecule has 0 atom stereocenters. The minimum Gasteiger partial charge on any atom is -0.506 e.